The van der Waals surface area contributed by atoms with Gasteiger partial charge < -0.3 is 5.73 Å². The van der Waals surface area contributed by atoms with E-state index in [1.807, 2.05) is 0 Å². The summed E-state index contributed by atoms with van der Waals surface area (Å²) >= 11 is 11.1. The summed E-state index contributed by atoms with van der Waals surface area (Å²) in [6.45, 7) is 0.422. The molecule has 0 aliphatic carbocycles. The molecule has 0 amide bonds. The Balaban J connectivity index is 2.44. The van der Waals surface area contributed by atoms with E-state index in [0.29, 0.717) is 0 Å². The van der Waals surface area contributed by atoms with Gasteiger partial charge in [0.2, 0.25) is 10.0 Å². The molecule has 4 nitrogen and oxygen atoms in total. The van der Waals surface area contributed by atoms with E-state index in [2.05, 4.69) is 0 Å². The van der Waals surface area contributed by atoms with Crippen molar-refractivity contribution in [3.8, 4) is 0 Å². The molecule has 1 aromatic carbocycles. The summed E-state index contributed by atoms with van der Waals surface area (Å²) in [5.41, 5.74) is 5.50. The van der Waals surface area contributed by atoms with Crippen LogP contribution in [0.25, 0.3) is 0 Å². The summed E-state index contributed by atoms with van der Waals surface area (Å²) in [7, 11) is -3.78. The second-order valence-corrected chi connectivity index (χ2v) is 6.45. The highest BCUT2D eigenvalue weighted by molar-refractivity contribution is 7.89. The van der Waals surface area contributed by atoms with E-state index in [9.17, 15) is 12.8 Å². The van der Waals surface area contributed by atoms with Crippen molar-refractivity contribution in [3.05, 3.63) is 28.0 Å². The second-order valence-electron chi connectivity index (χ2n) is 3.76. The van der Waals surface area contributed by atoms with Gasteiger partial charge in [-0.2, -0.15) is 4.31 Å². The van der Waals surface area contributed by atoms with Gasteiger partial charge >= 0.3 is 0 Å². The van der Waals surface area contributed by atoms with Gasteiger partial charge in [-0.3, -0.25) is 0 Å². The van der Waals surface area contributed by atoms with E-state index in [1.54, 1.807) is 0 Å². The molecule has 1 saturated heterocycles. The first-order chi connectivity index (χ1) is 7.84. The fraction of sp³-hybridized carbons (Fsp3) is 0.333. The van der Waals surface area contributed by atoms with E-state index in [1.165, 1.54) is 6.07 Å². The summed E-state index contributed by atoms with van der Waals surface area (Å²) in [6.07, 6.45) is 0. The Hall–Kier alpha value is -0.400. The van der Waals surface area contributed by atoms with Gasteiger partial charge in [0, 0.05) is 19.1 Å². The van der Waals surface area contributed by atoms with Crippen LogP contribution in [0.4, 0.5) is 4.39 Å². The van der Waals surface area contributed by atoms with Crippen molar-refractivity contribution < 1.29 is 12.8 Å². The fourth-order valence-corrected chi connectivity index (χ4v) is 3.79. The average molecular weight is 299 g/mol. The van der Waals surface area contributed by atoms with Crippen molar-refractivity contribution in [1.82, 2.24) is 4.31 Å². The first-order valence-corrected chi connectivity index (χ1v) is 6.93. The smallest absolute Gasteiger partial charge is 0.244 e. The summed E-state index contributed by atoms with van der Waals surface area (Å²) in [4.78, 5) is -0.284. The van der Waals surface area contributed by atoms with Gasteiger partial charge in [0.1, 0.15) is 4.90 Å². The Morgan fingerprint density at radius 1 is 1.35 bits per heavy atom. The third-order valence-corrected chi connectivity index (χ3v) is 5.14. The molecule has 0 radical (unpaired) electrons. The maximum atomic E-state index is 13.4. The van der Waals surface area contributed by atoms with Crippen molar-refractivity contribution >= 4 is 33.2 Å². The zero-order valence-corrected chi connectivity index (χ0v) is 10.9. The number of nitrogens with two attached hydrogens (primary N) is 1. The van der Waals surface area contributed by atoms with Crippen LogP contribution < -0.4 is 5.73 Å². The van der Waals surface area contributed by atoms with E-state index in [4.69, 9.17) is 28.9 Å². The molecule has 94 valence electrons. The molecular formula is C9H9Cl2FN2O2S. The molecule has 8 heteroatoms. The lowest BCUT2D eigenvalue weighted by molar-refractivity contribution is 0.265. The third-order valence-electron chi connectivity index (χ3n) is 2.49. The molecule has 0 unspecified atom stereocenters. The summed E-state index contributed by atoms with van der Waals surface area (Å²) in [5, 5.41) is -0.702. The van der Waals surface area contributed by atoms with Crippen LogP contribution in [0.1, 0.15) is 0 Å². The molecule has 1 heterocycles. The van der Waals surface area contributed by atoms with Crippen molar-refractivity contribution in [1.29, 1.82) is 0 Å². The van der Waals surface area contributed by atoms with Crippen LogP contribution in [-0.4, -0.2) is 31.9 Å². The summed E-state index contributed by atoms with van der Waals surface area (Å²) in [6, 6.07) is 2.17. The van der Waals surface area contributed by atoms with Crippen molar-refractivity contribution in [2.24, 2.45) is 5.73 Å². The monoisotopic (exact) mass is 298 g/mol. The van der Waals surface area contributed by atoms with Crippen LogP contribution in [0.15, 0.2) is 17.0 Å². The highest BCUT2D eigenvalue weighted by atomic mass is 35.5. The quantitative estimate of drug-likeness (QED) is 0.841. The summed E-state index contributed by atoms with van der Waals surface area (Å²) < 4.78 is 38.6. The third kappa shape index (κ3) is 2.15. The van der Waals surface area contributed by atoms with E-state index >= 15 is 0 Å². The van der Waals surface area contributed by atoms with Crippen LogP contribution in [-0.2, 0) is 10.0 Å². The van der Waals surface area contributed by atoms with E-state index in [-0.39, 0.29) is 29.0 Å². The molecule has 1 aromatic rings. The van der Waals surface area contributed by atoms with E-state index < -0.39 is 20.9 Å². The van der Waals surface area contributed by atoms with E-state index in [0.717, 1.165) is 10.4 Å². The Morgan fingerprint density at radius 3 is 2.47 bits per heavy atom. The zero-order valence-electron chi connectivity index (χ0n) is 8.53. The molecule has 2 rings (SSSR count). The second kappa shape index (κ2) is 4.37. The standard InChI is InChI=1S/C9H9Cl2FN2O2S/c10-6-1-2-7(8(11)9(6)12)17(15,16)14-3-5(13)4-14/h1-2,5H,3-4,13H2. The average Bonchev–Trinajstić information content (AvgIpc) is 2.21. The zero-order chi connectivity index (χ0) is 12.8. The fourth-order valence-electron chi connectivity index (χ4n) is 1.51. The van der Waals surface area contributed by atoms with Gasteiger partial charge in [0.15, 0.2) is 5.82 Å². The number of halogens is 3. The first-order valence-electron chi connectivity index (χ1n) is 4.73. The lowest BCUT2D eigenvalue weighted by Crippen LogP contribution is -2.57. The number of hydrogen-bond donors (Lipinski definition) is 1. The van der Waals surface area contributed by atoms with Crippen LogP contribution in [0.5, 0.6) is 0 Å². The number of rotatable bonds is 2. The Morgan fingerprint density at radius 2 is 1.94 bits per heavy atom. The normalized spacial score (nSPS) is 18.1. The molecule has 1 aliphatic heterocycles. The Labute approximate surface area is 108 Å². The topological polar surface area (TPSA) is 63.4 Å². The van der Waals surface area contributed by atoms with Gasteiger partial charge in [0.05, 0.1) is 10.0 Å². The Bertz CT molecular complexity index is 558. The number of sulfonamides is 1. The van der Waals surface area contributed by atoms with Crippen molar-refractivity contribution in [3.63, 3.8) is 0 Å². The van der Waals surface area contributed by atoms with Gasteiger partial charge in [-0.25, -0.2) is 12.8 Å². The lowest BCUT2D eigenvalue weighted by atomic mass is 10.2. The maximum absolute atomic E-state index is 13.4. The Kier molecular flexibility index (Phi) is 3.35. The molecule has 1 aliphatic rings. The van der Waals surface area contributed by atoms with Crippen molar-refractivity contribution in [2.45, 2.75) is 10.9 Å². The SMILES string of the molecule is NC1CN(S(=O)(=O)c2ccc(Cl)c(F)c2Cl)C1. The van der Waals surface area contributed by atoms with Crippen LogP contribution in [0.3, 0.4) is 0 Å². The molecule has 0 aromatic heterocycles. The minimum Gasteiger partial charge on any atom is -0.325 e. The molecule has 0 atom stereocenters. The van der Waals surface area contributed by atoms with Gasteiger partial charge in [-0.05, 0) is 12.1 Å². The number of hydrogen-bond acceptors (Lipinski definition) is 3. The predicted octanol–water partition coefficient (Wildman–Crippen LogP) is 1.46. The molecule has 0 bridgehead atoms. The largest absolute Gasteiger partial charge is 0.325 e. The molecule has 1 fully saturated rings. The molecule has 17 heavy (non-hydrogen) atoms. The maximum Gasteiger partial charge on any atom is 0.244 e. The minimum atomic E-state index is -3.78. The van der Waals surface area contributed by atoms with Crippen LogP contribution in [0, 0.1) is 5.82 Å². The highest BCUT2D eigenvalue weighted by Gasteiger charge is 2.36. The first kappa shape index (κ1) is 13.0. The predicted molar refractivity (Wildman–Crippen MR) is 63.2 cm³/mol. The lowest BCUT2D eigenvalue weighted by Gasteiger charge is -2.35. The number of nitrogens with zero attached hydrogens (tertiary/aromatic N) is 1. The van der Waals surface area contributed by atoms with Crippen LogP contribution >= 0.6 is 23.2 Å². The molecule has 0 saturated carbocycles. The van der Waals surface area contributed by atoms with Gasteiger partial charge in [0.25, 0.3) is 0 Å². The van der Waals surface area contributed by atoms with Gasteiger partial charge in [-0.1, -0.05) is 23.2 Å². The number of benzene rings is 1. The van der Waals surface area contributed by atoms with Crippen molar-refractivity contribution in [2.75, 3.05) is 13.1 Å². The van der Waals surface area contributed by atoms with Gasteiger partial charge in [-0.15, -0.1) is 0 Å². The minimum absolute atomic E-state index is 0.180. The molecule has 2 N–H and O–H groups in total. The molecular weight excluding hydrogens is 290 g/mol. The highest BCUT2D eigenvalue weighted by Crippen LogP contribution is 2.32. The molecule has 0 spiro atoms. The summed E-state index contributed by atoms with van der Waals surface area (Å²) in [5.74, 6) is -0.931. The van der Waals surface area contributed by atoms with Crippen LogP contribution in [0.2, 0.25) is 10.0 Å².